The van der Waals surface area contributed by atoms with E-state index in [0.29, 0.717) is 11.7 Å². The maximum atomic E-state index is 6.45. The normalized spacial score (nSPS) is 16.7. The highest BCUT2D eigenvalue weighted by Crippen LogP contribution is 2.36. The van der Waals surface area contributed by atoms with Crippen LogP contribution in [0.15, 0.2) is 24.3 Å². The van der Waals surface area contributed by atoms with Gasteiger partial charge in [0.1, 0.15) is 5.82 Å². The van der Waals surface area contributed by atoms with Crippen molar-refractivity contribution in [1.29, 1.82) is 0 Å². The molecule has 1 aliphatic rings. The third kappa shape index (κ3) is 2.74. The highest BCUT2D eigenvalue weighted by Gasteiger charge is 2.18. The van der Waals surface area contributed by atoms with Gasteiger partial charge in [-0.1, -0.05) is 23.7 Å². The number of rotatable bonds is 2. The summed E-state index contributed by atoms with van der Waals surface area (Å²) in [5.74, 6) is 3.58. The second-order valence-corrected chi connectivity index (χ2v) is 6.46. The fourth-order valence-corrected chi connectivity index (χ4v) is 3.96. The van der Waals surface area contributed by atoms with Crippen molar-refractivity contribution >= 4 is 29.2 Å². The van der Waals surface area contributed by atoms with E-state index in [1.165, 1.54) is 29.9 Å². The summed E-state index contributed by atoms with van der Waals surface area (Å²) in [6, 6.07) is 8.07. The first-order chi connectivity index (χ1) is 9.24. The number of hydrogen-bond acceptors (Lipinski definition) is 3. The van der Waals surface area contributed by atoms with E-state index in [2.05, 4.69) is 22.3 Å². The Hall–Kier alpha value is -1.13. The second-order valence-electron chi connectivity index (χ2n) is 4.83. The molecular formula is C14H16ClN3S. The van der Waals surface area contributed by atoms with Gasteiger partial charge in [0.2, 0.25) is 0 Å². The highest BCUT2D eigenvalue weighted by atomic mass is 35.5. The quantitative estimate of drug-likeness (QED) is 0.882. The van der Waals surface area contributed by atoms with Crippen LogP contribution in [0.1, 0.15) is 24.3 Å². The van der Waals surface area contributed by atoms with Crippen LogP contribution in [0, 0.1) is 0 Å². The lowest BCUT2D eigenvalue weighted by atomic mass is 9.92. The van der Waals surface area contributed by atoms with E-state index in [1.54, 1.807) is 0 Å². The van der Waals surface area contributed by atoms with Crippen LogP contribution in [0.25, 0.3) is 11.3 Å². The lowest BCUT2D eigenvalue weighted by Gasteiger charge is -2.22. The van der Waals surface area contributed by atoms with Gasteiger partial charge in [-0.05, 0) is 41.9 Å². The molecule has 1 aliphatic heterocycles. The second kappa shape index (κ2) is 5.47. The molecule has 3 N–H and O–H groups in total. The van der Waals surface area contributed by atoms with Crippen molar-refractivity contribution in [3.05, 3.63) is 34.9 Å². The molecular weight excluding hydrogens is 278 g/mol. The number of hydrogen-bond donors (Lipinski definition) is 2. The smallest absolute Gasteiger partial charge is 0.145 e. The van der Waals surface area contributed by atoms with E-state index in [9.17, 15) is 0 Å². The molecule has 100 valence electrons. The molecule has 1 saturated heterocycles. The number of anilines is 1. The van der Waals surface area contributed by atoms with E-state index in [-0.39, 0.29) is 0 Å². The summed E-state index contributed by atoms with van der Waals surface area (Å²) in [5, 5.41) is 7.70. The maximum absolute atomic E-state index is 6.45. The third-order valence-electron chi connectivity index (χ3n) is 3.57. The molecule has 0 aliphatic carbocycles. The Balaban J connectivity index is 1.89. The van der Waals surface area contributed by atoms with Crippen LogP contribution in [0.3, 0.4) is 0 Å². The van der Waals surface area contributed by atoms with Gasteiger partial charge in [-0.25, -0.2) is 0 Å². The van der Waals surface area contributed by atoms with E-state index in [1.807, 2.05) is 23.9 Å². The first-order valence-corrected chi connectivity index (χ1v) is 7.96. The van der Waals surface area contributed by atoms with Crippen molar-refractivity contribution in [2.45, 2.75) is 18.8 Å². The van der Waals surface area contributed by atoms with Gasteiger partial charge >= 0.3 is 0 Å². The molecule has 1 aromatic carbocycles. The zero-order valence-electron chi connectivity index (χ0n) is 10.5. The molecule has 1 aromatic heterocycles. The minimum Gasteiger partial charge on any atom is -0.382 e. The summed E-state index contributed by atoms with van der Waals surface area (Å²) in [5.41, 5.74) is 8.84. The number of thioether (sulfide) groups is 1. The van der Waals surface area contributed by atoms with Gasteiger partial charge < -0.3 is 5.73 Å². The molecule has 0 radical (unpaired) electrons. The van der Waals surface area contributed by atoms with Crippen molar-refractivity contribution in [3.8, 4) is 11.3 Å². The standard InChI is InChI=1S/C14H16ClN3S/c15-12-7-10(13-8-14(16)18-17-13)1-2-11(12)9-3-5-19-6-4-9/h1-2,7-9H,3-6H2,(H3,16,17,18). The predicted molar refractivity (Wildman–Crippen MR) is 82.7 cm³/mol. The number of H-pyrrole nitrogens is 1. The zero-order valence-corrected chi connectivity index (χ0v) is 12.1. The highest BCUT2D eigenvalue weighted by molar-refractivity contribution is 7.99. The Labute approximate surface area is 121 Å². The van der Waals surface area contributed by atoms with Crippen LogP contribution in [0.2, 0.25) is 5.02 Å². The Kier molecular flexibility index (Phi) is 3.71. The van der Waals surface area contributed by atoms with Gasteiger partial charge in [-0.3, -0.25) is 5.10 Å². The molecule has 1 fully saturated rings. The average Bonchev–Trinajstić information content (AvgIpc) is 2.86. The topological polar surface area (TPSA) is 54.7 Å². The first-order valence-electron chi connectivity index (χ1n) is 6.42. The van der Waals surface area contributed by atoms with Crippen LogP contribution in [-0.4, -0.2) is 21.7 Å². The Morgan fingerprint density at radius 1 is 1.26 bits per heavy atom. The van der Waals surface area contributed by atoms with Crippen LogP contribution < -0.4 is 5.73 Å². The Bertz CT molecular complexity index is 576. The molecule has 0 atom stereocenters. The minimum absolute atomic E-state index is 0.500. The molecule has 2 aromatic rings. The van der Waals surface area contributed by atoms with Gasteiger partial charge in [-0.2, -0.15) is 16.9 Å². The van der Waals surface area contributed by atoms with Gasteiger partial charge in [0, 0.05) is 16.7 Å². The molecule has 0 amide bonds. The lowest BCUT2D eigenvalue weighted by Crippen LogP contribution is -2.08. The fourth-order valence-electron chi connectivity index (χ4n) is 2.52. The Morgan fingerprint density at radius 3 is 2.68 bits per heavy atom. The molecule has 0 spiro atoms. The number of nitrogens with one attached hydrogen (secondary N) is 1. The number of aromatic amines is 1. The number of benzene rings is 1. The third-order valence-corrected chi connectivity index (χ3v) is 4.95. The summed E-state index contributed by atoms with van der Waals surface area (Å²) < 4.78 is 0. The SMILES string of the molecule is Nc1cc(-c2ccc(C3CCSCC3)c(Cl)c2)[nH]n1. The van der Waals surface area contributed by atoms with Gasteiger partial charge in [0.25, 0.3) is 0 Å². The van der Waals surface area contributed by atoms with E-state index in [4.69, 9.17) is 17.3 Å². The number of aromatic nitrogens is 2. The molecule has 3 nitrogen and oxygen atoms in total. The summed E-state index contributed by atoms with van der Waals surface area (Å²) >= 11 is 8.48. The van der Waals surface area contributed by atoms with Gasteiger partial charge in [0.05, 0.1) is 5.69 Å². The molecule has 0 bridgehead atoms. The monoisotopic (exact) mass is 293 g/mol. The minimum atomic E-state index is 0.500. The fraction of sp³-hybridized carbons (Fsp3) is 0.357. The van der Waals surface area contributed by atoms with Crippen molar-refractivity contribution in [3.63, 3.8) is 0 Å². The van der Waals surface area contributed by atoms with E-state index >= 15 is 0 Å². The van der Waals surface area contributed by atoms with Crippen LogP contribution in [0.4, 0.5) is 5.82 Å². The molecule has 2 heterocycles. The summed E-state index contributed by atoms with van der Waals surface area (Å²) in [4.78, 5) is 0. The molecule has 0 saturated carbocycles. The largest absolute Gasteiger partial charge is 0.382 e. The zero-order chi connectivity index (χ0) is 13.2. The first kappa shape index (κ1) is 12.9. The van der Waals surface area contributed by atoms with Gasteiger partial charge in [0.15, 0.2) is 0 Å². The van der Waals surface area contributed by atoms with Gasteiger partial charge in [-0.15, -0.1) is 0 Å². The van der Waals surface area contributed by atoms with Crippen molar-refractivity contribution in [2.75, 3.05) is 17.2 Å². The molecule has 19 heavy (non-hydrogen) atoms. The van der Waals surface area contributed by atoms with Crippen LogP contribution in [-0.2, 0) is 0 Å². The van der Waals surface area contributed by atoms with Crippen molar-refractivity contribution in [2.24, 2.45) is 0 Å². The number of halogens is 1. The summed E-state index contributed by atoms with van der Waals surface area (Å²) in [6.45, 7) is 0. The Morgan fingerprint density at radius 2 is 2.05 bits per heavy atom. The molecule has 3 rings (SSSR count). The van der Waals surface area contributed by atoms with Crippen molar-refractivity contribution in [1.82, 2.24) is 10.2 Å². The lowest BCUT2D eigenvalue weighted by molar-refractivity contribution is 0.637. The summed E-state index contributed by atoms with van der Waals surface area (Å²) in [7, 11) is 0. The van der Waals surface area contributed by atoms with Crippen LogP contribution >= 0.6 is 23.4 Å². The summed E-state index contributed by atoms with van der Waals surface area (Å²) in [6.07, 6.45) is 2.45. The average molecular weight is 294 g/mol. The number of nitrogens with zero attached hydrogens (tertiary/aromatic N) is 1. The van der Waals surface area contributed by atoms with Crippen molar-refractivity contribution < 1.29 is 0 Å². The van der Waals surface area contributed by atoms with E-state index < -0.39 is 0 Å². The number of nitrogen functional groups attached to an aromatic ring is 1. The van der Waals surface area contributed by atoms with E-state index in [0.717, 1.165) is 16.3 Å². The molecule has 0 unspecified atom stereocenters. The number of nitrogens with two attached hydrogens (primary N) is 1. The van der Waals surface area contributed by atoms with Crippen LogP contribution in [0.5, 0.6) is 0 Å². The molecule has 5 heteroatoms. The predicted octanol–water partition coefficient (Wildman–Crippen LogP) is 3.92. The maximum Gasteiger partial charge on any atom is 0.145 e.